The molecule has 0 N–H and O–H groups in total. The average Bonchev–Trinajstić information content (AvgIpc) is 3.83. The van der Waals surface area contributed by atoms with Crippen molar-refractivity contribution in [2.24, 2.45) is 0 Å². The lowest BCUT2D eigenvalue weighted by Crippen LogP contribution is -2.63. The van der Waals surface area contributed by atoms with Gasteiger partial charge in [-0.25, -0.2) is 0 Å². The van der Waals surface area contributed by atoms with Gasteiger partial charge in [-0.2, -0.15) is 0 Å². The van der Waals surface area contributed by atoms with Crippen molar-refractivity contribution in [2.45, 2.75) is 103 Å². The summed E-state index contributed by atoms with van der Waals surface area (Å²) >= 11 is 0. The summed E-state index contributed by atoms with van der Waals surface area (Å²) in [6.07, 6.45) is 4.81. The Kier molecular flexibility index (Phi) is 6.90. The van der Waals surface area contributed by atoms with Gasteiger partial charge in [0.15, 0.2) is 0 Å². The number of benzene rings is 6. The molecule has 0 spiro atoms. The van der Waals surface area contributed by atoms with Crippen LogP contribution in [0.4, 0.5) is 28.4 Å². The minimum Gasteiger partial charge on any atom is -0.468 e. The number of anilines is 5. The second kappa shape index (κ2) is 11.5. The lowest BCUT2D eigenvalue weighted by molar-refractivity contribution is 0.195. The molecule has 0 saturated heterocycles. The highest BCUT2D eigenvalue weighted by Crippen LogP contribution is 2.63. The van der Waals surface area contributed by atoms with Crippen molar-refractivity contribution in [1.82, 2.24) is 4.57 Å². The zero-order chi connectivity index (χ0) is 40.4. The summed E-state index contributed by atoms with van der Waals surface area (Å²) in [5, 5.41) is 3.92. The van der Waals surface area contributed by atoms with Gasteiger partial charge in [0, 0.05) is 55.6 Å². The van der Waals surface area contributed by atoms with E-state index >= 15 is 0 Å². The molecule has 0 amide bonds. The summed E-state index contributed by atoms with van der Waals surface area (Å²) in [5.41, 5.74) is 18.8. The first-order chi connectivity index (χ1) is 28.3. The van der Waals surface area contributed by atoms with Crippen LogP contribution in [0.15, 0.2) is 126 Å². The van der Waals surface area contributed by atoms with Crippen LogP contribution in [0.2, 0.25) is 0 Å². The molecule has 0 bridgehead atoms. The molecule has 4 aliphatic rings. The molecule has 3 aliphatic heterocycles. The van der Waals surface area contributed by atoms with Gasteiger partial charge in [0.05, 0.1) is 27.9 Å². The van der Waals surface area contributed by atoms with Gasteiger partial charge in [-0.15, -0.1) is 0 Å². The third kappa shape index (κ3) is 4.46. The summed E-state index contributed by atoms with van der Waals surface area (Å²) in [7, 11) is 0. The van der Waals surface area contributed by atoms with E-state index in [0.717, 1.165) is 29.0 Å². The van der Waals surface area contributed by atoms with E-state index in [1.165, 1.54) is 96.8 Å². The second-order valence-corrected chi connectivity index (χ2v) is 20.5. The Morgan fingerprint density at radius 1 is 0.644 bits per heavy atom. The van der Waals surface area contributed by atoms with E-state index in [1.54, 1.807) is 0 Å². The van der Waals surface area contributed by atoms with Gasteiger partial charge in [-0.3, -0.25) is 0 Å². The monoisotopic (exact) mass is 769 g/mol. The molecular weight excluding hydrogens is 717 g/mol. The lowest BCUT2D eigenvalue weighted by atomic mass is 9.36. The number of furan rings is 1. The molecule has 2 unspecified atom stereocenters. The molecule has 2 atom stereocenters. The highest BCUT2D eigenvalue weighted by atomic mass is 16.3. The van der Waals surface area contributed by atoms with Crippen molar-refractivity contribution in [1.29, 1.82) is 0 Å². The lowest BCUT2D eigenvalue weighted by Gasteiger charge is -2.52. The predicted octanol–water partition coefficient (Wildman–Crippen LogP) is 12.5. The minimum absolute atomic E-state index is 0.0235. The highest BCUT2D eigenvalue weighted by molar-refractivity contribution is 7.00. The second-order valence-electron chi connectivity index (χ2n) is 20.5. The molecular formula is C54H52BN3O. The Labute approximate surface area is 348 Å². The molecule has 2 aromatic heterocycles. The van der Waals surface area contributed by atoms with Crippen LogP contribution in [0.25, 0.3) is 38.5 Å². The number of rotatable bonds is 3. The minimum atomic E-state index is -0.116. The Bertz CT molecular complexity index is 3030. The molecule has 12 rings (SSSR count). The smallest absolute Gasteiger partial charge is 0.297 e. The third-order valence-corrected chi connectivity index (χ3v) is 15.1. The van der Waals surface area contributed by atoms with Gasteiger partial charge in [0.25, 0.3) is 6.71 Å². The predicted molar refractivity (Wildman–Crippen MR) is 250 cm³/mol. The van der Waals surface area contributed by atoms with Gasteiger partial charge in [0.2, 0.25) is 0 Å². The van der Waals surface area contributed by atoms with Crippen molar-refractivity contribution < 1.29 is 4.42 Å². The van der Waals surface area contributed by atoms with Crippen LogP contribution in [-0.2, 0) is 16.2 Å². The van der Waals surface area contributed by atoms with E-state index in [-0.39, 0.29) is 28.5 Å². The van der Waals surface area contributed by atoms with Gasteiger partial charge in [-0.05, 0) is 107 Å². The van der Waals surface area contributed by atoms with Crippen LogP contribution < -0.4 is 26.4 Å². The molecule has 59 heavy (non-hydrogen) atoms. The first kappa shape index (κ1) is 35.3. The van der Waals surface area contributed by atoms with E-state index in [1.807, 2.05) is 0 Å². The highest BCUT2D eigenvalue weighted by Gasteiger charge is 2.62. The SMILES string of the molecule is CC(C)(C)c1cc(C(C)(C)C)c2oc3c(c2c1)-n1c2ccccc2c2cc4c5c(c21)B3c1ccc(N(c2ccccc2)c2ccccc2)cc1N5C1(C)CCCCC41C. The normalized spacial score (nSPS) is 20.3. The quantitative estimate of drug-likeness (QED) is 0.167. The van der Waals surface area contributed by atoms with E-state index in [4.69, 9.17) is 4.42 Å². The maximum atomic E-state index is 7.60. The van der Waals surface area contributed by atoms with Crippen LogP contribution in [-0.4, -0.2) is 16.8 Å². The molecule has 4 nitrogen and oxygen atoms in total. The first-order valence-electron chi connectivity index (χ1n) is 21.9. The van der Waals surface area contributed by atoms with E-state index in [0.29, 0.717) is 0 Å². The Morgan fingerprint density at radius 2 is 1.32 bits per heavy atom. The van der Waals surface area contributed by atoms with Crippen LogP contribution >= 0.6 is 0 Å². The summed E-state index contributed by atoms with van der Waals surface area (Å²) in [5.74, 6) is 0. The van der Waals surface area contributed by atoms with E-state index in [2.05, 4.69) is 191 Å². The molecule has 0 radical (unpaired) electrons. The summed E-state index contributed by atoms with van der Waals surface area (Å²) < 4.78 is 10.2. The van der Waals surface area contributed by atoms with Crippen molar-refractivity contribution >= 4 is 84.5 Å². The third-order valence-electron chi connectivity index (χ3n) is 15.1. The summed E-state index contributed by atoms with van der Waals surface area (Å²) in [6.45, 7) is 19.1. The van der Waals surface area contributed by atoms with Crippen LogP contribution in [0.3, 0.4) is 0 Å². The molecule has 292 valence electrons. The number of fused-ring (bicyclic) bond motifs is 14. The van der Waals surface area contributed by atoms with Crippen molar-refractivity contribution in [3.63, 3.8) is 0 Å². The summed E-state index contributed by atoms with van der Waals surface area (Å²) in [6, 6.07) is 45.7. The van der Waals surface area contributed by atoms with Crippen LogP contribution in [0.1, 0.15) is 97.8 Å². The number of aromatic nitrogens is 1. The molecule has 8 aromatic rings. The molecule has 6 aromatic carbocycles. The van der Waals surface area contributed by atoms with Crippen LogP contribution in [0, 0.1) is 0 Å². The van der Waals surface area contributed by atoms with Gasteiger partial charge in [-0.1, -0.05) is 128 Å². The Balaban J connectivity index is 1.24. The molecule has 1 saturated carbocycles. The number of para-hydroxylation sites is 3. The zero-order valence-electron chi connectivity index (χ0n) is 35.7. The Morgan fingerprint density at radius 3 is 2.02 bits per heavy atom. The molecule has 5 heterocycles. The maximum Gasteiger partial charge on any atom is 0.297 e. The standard InChI is InChI=1S/C54H52BN3O/c1-51(2,3)33-29-39-47-50(59-49(39)41(30-33)52(4,5)6)55-42-26-25-36(56(34-19-11-9-12-20-34)35-21-13-10-14-22-35)31-44(42)58-48-40(53(7)27-17-18-28-54(53,58)8)32-38-37-23-15-16-24-43(37)57(47)46(38)45(48)55/h9-16,19-26,29-32H,17-18,27-28H2,1-8H3. The average molecular weight is 770 g/mol. The fourth-order valence-corrected chi connectivity index (χ4v) is 12.0. The fraction of sp³-hybridized carbons (Fsp3) is 0.296. The number of nitrogens with zero attached hydrogens (tertiary/aromatic N) is 3. The zero-order valence-corrected chi connectivity index (χ0v) is 35.7. The van der Waals surface area contributed by atoms with Gasteiger partial charge in [0.1, 0.15) is 5.58 Å². The first-order valence-corrected chi connectivity index (χ1v) is 21.9. The van der Waals surface area contributed by atoms with Crippen molar-refractivity contribution in [2.75, 3.05) is 9.80 Å². The number of hydrogen-bond acceptors (Lipinski definition) is 3. The molecule has 5 heteroatoms. The van der Waals surface area contributed by atoms with Crippen molar-refractivity contribution in [3.05, 3.63) is 138 Å². The largest absolute Gasteiger partial charge is 0.468 e. The molecule has 1 fully saturated rings. The van der Waals surface area contributed by atoms with Crippen molar-refractivity contribution in [3.8, 4) is 5.69 Å². The van der Waals surface area contributed by atoms with Crippen LogP contribution in [0.5, 0.6) is 0 Å². The van der Waals surface area contributed by atoms with E-state index < -0.39 is 0 Å². The fourth-order valence-electron chi connectivity index (χ4n) is 12.0. The summed E-state index contributed by atoms with van der Waals surface area (Å²) in [4.78, 5) is 5.26. The molecule has 1 aliphatic carbocycles. The van der Waals surface area contributed by atoms with Gasteiger partial charge >= 0.3 is 0 Å². The Hall–Kier alpha value is -5.68. The van der Waals surface area contributed by atoms with E-state index in [9.17, 15) is 0 Å². The maximum absolute atomic E-state index is 7.60. The topological polar surface area (TPSA) is 24.6 Å². The van der Waals surface area contributed by atoms with Gasteiger partial charge < -0.3 is 18.8 Å². The number of hydrogen-bond donors (Lipinski definition) is 0.